The van der Waals surface area contributed by atoms with Crippen LogP contribution in [0.25, 0.3) is 0 Å². The van der Waals surface area contributed by atoms with Crippen LogP contribution in [0.2, 0.25) is 0 Å². The highest BCUT2D eigenvalue weighted by Crippen LogP contribution is 2.17. The van der Waals surface area contributed by atoms with E-state index < -0.39 is 0 Å². The molecule has 0 radical (unpaired) electrons. The molecule has 0 saturated carbocycles. The molecule has 1 amide bonds. The van der Waals surface area contributed by atoms with Crippen LogP contribution in [0, 0.1) is 0 Å². The molecule has 1 saturated heterocycles. The molecule has 0 unspecified atom stereocenters. The van der Waals surface area contributed by atoms with Crippen molar-refractivity contribution in [2.75, 3.05) is 24.6 Å². The number of hydroxylamine groups is 2. The fraction of sp³-hybridized carbons (Fsp3) is 0.364. The third-order valence-electron chi connectivity index (χ3n) is 2.45. The summed E-state index contributed by atoms with van der Waals surface area (Å²) in [5.74, 6) is -0.182. The summed E-state index contributed by atoms with van der Waals surface area (Å²) in [5.41, 5.74) is 12.7. The van der Waals surface area contributed by atoms with E-state index in [0.717, 1.165) is 12.8 Å². The van der Waals surface area contributed by atoms with E-state index in [4.69, 9.17) is 16.3 Å². The van der Waals surface area contributed by atoms with Crippen LogP contribution in [0.3, 0.4) is 0 Å². The molecule has 5 nitrogen and oxygen atoms in total. The lowest BCUT2D eigenvalue weighted by Gasteiger charge is -2.26. The molecule has 1 aromatic rings. The predicted octanol–water partition coefficient (Wildman–Crippen LogP) is 1.02. The maximum atomic E-state index is 12.0. The molecule has 86 valence electrons. The van der Waals surface area contributed by atoms with Crippen molar-refractivity contribution in [2.45, 2.75) is 12.8 Å². The highest BCUT2D eigenvalue weighted by atomic mass is 16.7. The number of nitrogens with two attached hydrogens (primary N) is 2. The maximum absolute atomic E-state index is 12.0. The molecule has 16 heavy (non-hydrogen) atoms. The number of nitrogens with zero attached hydrogens (tertiary/aromatic N) is 1. The van der Waals surface area contributed by atoms with Crippen molar-refractivity contribution in [1.29, 1.82) is 0 Å². The van der Waals surface area contributed by atoms with Crippen molar-refractivity contribution in [3.8, 4) is 0 Å². The van der Waals surface area contributed by atoms with Gasteiger partial charge in [-0.25, -0.2) is 5.06 Å². The molecule has 1 aliphatic rings. The van der Waals surface area contributed by atoms with E-state index in [9.17, 15) is 4.79 Å². The van der Waals surface area contributed by atoms with Crippen molar-refractivity contribution in [3.63, 3.8) is 0 Å². The Bertz CT molecular complexity index is 380. The quantitative estimate of drug-likeness (QED) is 0.694. The second-order valence-corrected chi connectivity index (χ2v) is 3.84. The van der Waals surface area contributed by atoms with Crippen molar-refractivity contribution in [3.05, 3.63) is 23.8 Å². The summed E-state index contributed by atoms with van der Waals surface area (Å²) in [5, 5.41) is 1.37. The minimum atomic E-state index is -0.182. The van der Waals surface area contributed by atoms with Crippen LogP contribution in [0.1, 0.15) is 23.2 Å². The maximum Gasteiger partial charge on any atom is 0.277 e. The molecule has 1 aliphatic heterocycles. The minimum Gasteiger partial charge on any atom is -0.399 e. The van der Waals surface area contributed by atoms with Gasteiger partial charge in [-0.2, -0.15) is 0 Å². The SMILES string of the molecule is Nc1cc(N)cc(C(=O)N2CCCCO2)c1. The predicted molar refractivity (Wildman–Crippen MR) is 61.5 cm³/mol. The van der Waals surface area contributed by atoms with E-state index in [1.165, 1.54) is 5.06 Å². The number of hydrogen-bond acceptors (Lipinski definition) is 4. The standard InChI is InChI=1S/C11H15N3O2/c12-9-5-8(6-10(13)7-9)11(15)14-3-1-2-4-16-14/h5-7H,1-4,12-13H2. The second kappa shape index (κ2) is 4.40. The second-order valence-electron chi connectivity index (χ2n) is 3.84. The number of anilines is 2. The van der Waals surface area contributed by atoms with Crippen molar-refractivity contribution < 1.29 is 9.63 Å². The Labute approximate surface area is 93.9 Å². The zero-order valence-corrected chi connectivity index (χ0v) is 8.98. The third kappa shape index (κ3) is 2.25. The van der Waals surface area contributed by atoms with Crippen LogP contribution in [0.15, 0.2) is 18.2 Å². The van der Waals surface area contributed by atoms with E-state index in [2.05, 4.69) is 0 Å². The fourth-order valence-corrected chi connectivity index (χ4v) is 1.70. The Kier molecular flexibility index (Phi) is 2.96. The van der Waals surface area contributed by atoms with Crippen LogP contribution in [0.5, 0.6) is 0 Å². The Morgan fingerprint density at radius 1 is 1.19 bits per heavy atom. The lowest BCUT2D eigenvalue weighted by atomic mass is 10.1. The highest BCUT2D eigenvalue weighted by molar-refractivity contribution is 5.95. The van der Waals surface area contributed by atoms with E-state index in [1.54, 1.807) is 18.2 Å². The van der Waals surface area contributed by atoms with Crippen molar-refractivity contribution >= 4 is 17.3 Å². The smallest absolute Gasteiger partial charge is 0.277 e. The van der Waals surface area contributed by atoms with Crippen LogP contribution < -0.4 is 11.5 Å². The highest BCUT2D eigenvalue weighted by Gasteiger charge is 2.19. The molecule has 0 atom stereocenters. The van der Waals surface area contributed by atoms with E-state index in [1.807, 2.05) is 0 Å². The first-order chi connectivity index (χ1) is 7.66. The van der Waals surface area contributed by atoms with Gasteiger partial charge in [-0.05, 0) is 31.0 Å². The van der Waals surface area contributed by atoms with Gasteiger partial charge in [0.15, 0.2) is 0 Å². The van der Waals surface area contributed by atoms with Crippen LogP contribution in [-0.4, -0.2) is 24.1 Å². The Balaban J connectivity index is 2.19. The molecular formula is C11H15N3O2. The number of rotatable bonds is 1. The van der Waals surface area contributed by atoms with Gasteiger partial charge in [0.1, 0.15) is 0 Å². The average Bonchev–Trinajstić information content (AvgIpc) is 2.28. The molecule has 0 spiro atoms. The molecule has 1 heterocycles. The molecule has 1 fully saturated rings. The molecule has 0 aromatic heterocycles. The third-order valence-corrected chi connectivity index (χ3v) is 2.45. The molecule has 4 N–H and O–H groups in total. The van der Waals surface area contributed by atoms with Gasteiger partial charge >= 0.3 is 0 Å². The summed E-state index contributed by atoms with van der Waals surface area (Å²) in [6.45, 7) is 1.21. The monoisotopic (exact) mass is 221 g/mol. The first kappa shape index (κ1) is 10.8. The van der Waals surface area contributed by atoms with Crippen molar-refractivity contribution in [2.24, 2.45) is 0 Å². The first-order valence-electron chi connectivity index (χ1n) is 5.27. The lowest BCUT2D eigenvalue weighted by Crippen LogP contribution is -2.35. The minimum absolute atomic E-state index is 0.182. The van der Waals surface area contributed by atoms with Gasteiger partial charge in [0.05, 0.1) is 6.61 Å². The summed E-state index contributed by atoms with van der Waals surface area (Å²) >= 11 is 0. The fourth-order valence-electron chi connectivity index (χ4n) is 1.70. The largest absolute Gasteiger partial charge is 0.399 e. The molecular weight excluding hydrogens is 206 g/mol. The summed E-state index contributed by atoms with van der Waals surface area (Å²) < 4.78 is 0. The van der Waals surface area contributed by atoms with Gasteiger partial charge in [0, 0.05) is 23.5 Å². The Hall–Kier alpha value is -1.75. The topological polar surface area (TPSA) is 81.6 Å². The Morgan fingerprint density at radius 2 is 1.88 bits per heavy atom. The lowest BCUT2D eigenvalue weighted by molar-refractivity contribution is -0.144. The van der Waals surface area contributed by atoms with E-state index >= 15 is 0 Å². The van der Waals surface area contributed by atoms with Gasteiger partial charge < -0.3 is 11.5 Å². The summed E-state index contributed by atoms with van der Waals surface area (Å²) in [6.07, 6.45) is 1.95. The molecule has 0 aliphatic carbocycles. The molecule has 2 rings (SSSR count). The number of benzene rings is 1. The van der Waals surface area contributed by atoms with Crippen molar-refractivity contribution in [1.82, 2.24) is 5.06 Å². The van der Waals surface area contributed by atoms with Gasteiger partial charge in [-0.1, -0.05) is 0 Å². The summed E-state index contributed by atoms with van der Waals surface area (Å²) in [4.78, 5) is 17.3. The zero-order chi connectivity index (χ0) is 11.5. The average molecular weight is 221 g/mol. The number of carbonyl (C=O) groups is 1. The first-order valence-corrected chi connectivity index (χ1v) is 5.27. The number of nitrogen functional groups attached to an aromatic ring is 2. The van der Waals surface area contributed by atoms with Gasteiger partial charge in [-0.15, -0.1) is 0 Å². The van der Waals surface area contributed by atoms with Crippen LogP contribution >= 0.6 is 0 Å². The van der Waals surface area contributed by atoms with Gasteiger partial charge in [0.2, 0.25) is 0 Å². The normalized spacial score (nSPS) is 16.1. The van der Waals surface area contributed by atoms with E-state index in [0.29, 0.717) is 30.1 Å². The number of carbonyl (C=O) groups excluding carboxylic acids is 1. The van der Waals surface area contributed by atoms with Gasteiger partial charge in [0.25, 0.3) is 5.91 Å². The number of amides is 1. The number of hydrogen-bond donors (Lipinski definition) is 2. The molecule has 0 bridgehead atoms. The summed E-state index contributed by atoms with van der Waals surface area (Å²) in [6, 6.07) is 4.83. The van der Waals surface area contributed by atoms with Crippen LogP contribution in [0.4, 0.5) is 11.4 Å². The van der Waals surface area contributed by atoms with Crippen LogP contribution in [-0.2, 0) is 4.84 Å². The summed E-state index contributed by atoms with van der Waals surface area (Å²) in [7, 11) is 0. The van der Waals surface area contributed by atoms with Gasteiger partial charge in [-0.3, -0.25) is 9.63 Å². The molecule has 1 aromatic carbocycles. The van der Waals surface area contributed by atoms with E-state index in [-0.39, 0.29) is 5.91 Å². The molecule has 5 heteroatoms. The zero-order valence-electron chi connectivity index (χ0n) is 8.98. The Morgan fingerprint density at radius 3 is 2.44 bits per heavy atom.